The summed E-state index contributed by atoms with van der Waals surface area (Å²) in [6.45, 7) is 6.50. The molecule has 1 aliphatic rings. The number of amides is 2. The molecule has 5 nitrogen and oxygen atoms in total. The molecule has 1 heterocycles. The molecule has 1 aromatic rings. The first-order valence-corrected chi connectivity index (χ1v) is 8.45. The summed E-state index contributed by atoms with van der Waals surface area (Å²) in [7, 11) is 0. The fourth-order valence-electron chi connectivity index (χ4n) is 2.68. The highest BCUT2D eigenvalue weighted by Gasteiger charge is 2.25. The Labute approximate surface area is 138 Å². The quantitative estimate of drug-likeness (QED) is 0.838. The van der Waals surface area contributed by atoms with E-state index in [2.05, 4.69) is 6.92 Å². The maximum atomic E-state index is 12.5. The van der Waals surface area contributed by atoms with Gasteiger partial charge in [0, 0.05) is 31.7 Å². The van der Waals surface area contributed by atoms with Crippen LogP contribution >= 0.6 is 0 Å². The molecule has 2 amide bonds. The van der Waals surface area contributed by atoms with Crippen LogP contribution in [0.4, 0.5) is 4.79 Å². The van der Waals surface area contributed by atoms with E-state index in [9.17, 15) is 9.59 Å². The van der Waals surface area contributed by atoms with Gasteiger partial charge in [0.05, 0.1) is 6.61 Å². The third-order valence-electron chi connectivity index (χ3n) is 4.11. The van der Waals surface area contributed by atoms with Crippen LogP contribution in [0.2, 0.25) is 0 Å². The number of nitrogens with zero attached hydrogens (tertiary/aromatic N) is 2. The molecule has 0 atom stereocenters. The molecule has 2 rings (SSSR count). The van der Waals surface area contributed by atoms with Gasteiger partial charge in [0.25, 0.3) is 5.91 Å². The summed E-state index contributed by atoms with van der Waals surface area (Å²) in [4.78, 5) is 27.6. The zero-order valence-electron chi connectivity index (χ0n) is 14.1. The van der Waals surface area contributed by atoms with Crippen molar-refractivity contribution in [2.45, 2.75) is 33.1 Å². The van der Waals surface area contributed by atoms with Crippen molar-refractivity contribution in [3.63, 3.8) is 0 Å². The molecule has 0 saturated carbocycles. The van der Waals surface area contributed by atoms with Gasteiger partial charge in [-0.05, 0) is 37.5 Å². The molecular formula is C18H26N2O3. The van der Waals surface area contributed by atoms with Gasteiger partial charge in [-0.1, -0.05) is 25.5 Å². The Bertz CT molecular complexity index is 520. The monoisotopic (exact) mass is 318 g/mol. The number of unbranched alkanes of at least 4 members (excludes halogenated alkanes) is 1. The van der Waals surface area contributed by atoms with Crippen molar-refractivity contribution in [2.24, 2.45) is 0 Å². The second kappa shape index (κ2) is 8.56. The normalized spacial score (nSPS) is 14.7. The molecule has 0 aliphatic carbocycles. The summed E-state index contributed by atoms with van der Waals surface area (Å²) < 4.78 is 4.99. The van der Waals surface area contributed by atoms with E-state index in [1.807, 2.05) is 24.3 Å². The van der Waals surface area contributed by atoms with Crippen LogP contribution in [-0.2, 0) is 11.2 Å². The van der Waals surface area contributed by atoms with Crippen molar-refractivity contribution < 1.29 is 14.3 Å². The minimum Gasteiger partial charge on any atom is -0.450 e. The highest BCUT2D eigenvalue weighted by molar-refractivity contribution is 5.94. The lowest BCUT2D eigenvalue weighted by Crippen LogP contribution is -2.50. The van der Waals surface area contributed by atoms with Gasteiger partial charge < -0.3 is 14.5 Å². The third kappa shape index (κ3) is 4.71. The number of carbonyl (C=O) groups excluding carboxylic acids is 2. The second-order valence-electron chi connectivity index (χ2n) is 5.78. The molecule has 0 unspecified atom stereocenters. The molecular weight excluding hydrogens is 292 g/mol. The Morgan fingerprint density at radius 2 is 1.61 bits per heavy atom. The summed E-state index contributed by atoms with van der Waals surface area (Å²) in [6.07, 6.45) is 3.11. The van der Waals surface area contributed by atoms with Crippen LogP contribution in [0.1, 0.15) is 42.6 Å². The van der Waals surface area contributed by atoms with Gasteiger partial charge in [-0.15, -0.1) is 0 Å². The number of carbonyl (C=O) groups is 2. The molecule has 0 bridgehead atoms. The summed E-state index contributed by atoms with van der Waals surface area (Å²) in [6, 6.07) is 7.89. The number of hydrogen-bond donors (Lipinski definition) is 0. The number of piperazine rings is 1. The predicted octanol–water partition coefficient (Wildman–Crippen LogP) is 2.94. The van der Waals surface area contributed by atoms with E-state index >= 15 is 0 Å². The number of benzene rings is 1. The average Bonchev–Trinajstić information content (AvgIpc) is 2.60. The third-order valence-corrected chi connectivity index (χ3v) is 4.11. The van der Waals surface area contributed by atoms with E-state index in [0.717, 1.165) is 12.0 Å². The van der Waals surface area contributed by atoms with Crippen LogP contribution in [0.5, 0.6) is 0 Å². The van der Waals surface area contributed by atoms with Crippen LogP contribution in [0.25, 0.3) is 0 Å². The SMILES string of the molecule is CCCCc1ccc(C(=O)N2CCN(C(=O)OCC)CC2)cc1. The zero-order valence-corrected chi connectivity index (χ0v) is 14.1. The first-order chi connectivity index (χ1) is 11.2. The molecule has 0 spiro atoms. The van der Waals surface area contributed by atoms with Gasteiger partial charge in [0.15, 0.2) is 0 Å². The first kappa shape index (κ1) is 17.3. The summed E-state index contributed by atoms with van der Waals surface area (Å²) in [5, 5.41) is 0. The summed E-state index contributed by atoms with van der Waals surface area (Å²) in [5.74, 6) is 0.0375. The molecule has 126 valence electrons. The fourth-order valence-corrected chi connectivity index (χ4v) is 2.68. The topological polar surface area (TPSA) is 49.9 Å². The Balaban J connectivity index is 1.88. The molecule has 5 heteroatoms. The van der Waals surface area contributed by atoms with Crippen LogP contribution in [-0.4, -0.2) is 54.6 Å². The van der Waals surface area contributed by atoms with Gasteiger partial charge in [-0.2, -0.15) is 0 Å². The van der Waals surface area contributed by atoms with Gasteiger partial charge in [-0.3, -0.25) is 4.79 Å². The Hall–Kier alpha value is -2.04. The number of ether oxygens (including phenoxy) is 1. The van der Waals surface area contributed by atoms with Gasteiger partial charge in [0.1, 0.15) is 0 Å². The smallest absolute Gasteiger partial charge is 0.409 e. The number of rotatable bonds is 5. The molecule has 1 saturated heterocycles. The zero-order chi connectivity index (χ0) is 16.7. The highest BCUT2D eigenvalue weighted by atomic mass is 16.6. The lowest BCUT2D eigenvalue weighted by molar-refractivity contribution is 0.0570. The molecule has 0 radical (unpaired) electrons. The maximum absolute atomic E-state index is 12.5. The van der Waals surface area contributed by atoms with Crippen LogP contribution in [0.15, 0.2) is 24.3 Å². The Kier molecular flexibility index (Phi) is 6.44. The van der Waals surface area contributed by atoms with E-state index in [4.69, 9.17) is 4.74 Å². The van der Waals surface area contributed by atoms with Crippen LogP contribution < -0.4 is 0 Å². The molecule has 23 heavy (non-hydrogen) atoms. The minimum atomic E-state index is -0.292. The molecule has 0 N–H and O–H groups in total. The van der Waals surface area contributed by atoms with Crippen LogP contribution in [0.3, 0.4) is 0 Å². The highest BCUT2D eigenvalue weighted by Crippen LogP contribution is 2.12. The second-order valence-corrected chi connectivity index (χ2v) is 5.78. The lowest BCUT2D eigenvalue weighted by Gasteiger charge is -2.34. The maximum Gasteiger partial charge on any atom is 0.409 e. The molecule has 0 aromatic heterocycles. The van der Waals surface area contributed by atoms with Crippen molar-refractivity contribution in [1.29, 1.82) is 0 Å². The van der Waals surface area contributed by atoms with E-state index in [0.29, 0.717) is 32.8 Å². The van der Waals surface area contributed by atoms with Crippen molar-refractivity contribution in [3.05, 3.63) is 35.4 Å². The Morgan fingerprint density at radius 1 is 1.00 bits per heavy atom. The number of aryl methyl sites for hydroxylation is 1. The van der Waals surface area contributed by atoms with E-state index in [1.54, 1.807) is 16.7 Å². The van der Waals surface area contributed by atoms with Crippen molar-refractivity contribution >= 4 is 12.0 Å². The van der Waals surface area contributed by atoms with E-state index in [-0.39, 0.29) is 12.0 Å². The first-order valence-electron chi connectivity index (χ1n) is 8.45. The van der Waals surface area contributed by atoms with Gasteiger partial charge >= 0.3 is 6.09 Å². The summed E-state index contributed by atoms with van der Waals surface area (Å²) in [5.41, 5.74) is 1.99. The van der Waals surface area contributed by atoms with Crippen molar-refractivity contribution in [1.82, 2.24) is 9.80 Å². The van der Waals surface area contributed by atoms with E-state index < -0.39 is 0 Å². The largest absolute Gasteiger partial charge is 0.450 e. The lowest BCUT2D eigenvalue weighted by atomic mass is 10.1. The standard InChI is InChI=1S/C18H26N2O3/c1-3-5-6-15-7-9-16(10-8-15)17(21)19-11-13-20(14-12-19)18(22)23-4-2/h7-10H,3-6,11-14H2,1-2H3. The molecule has 1 aliphatic heterocycles. The number of hydrogen-bond acceptors (Lipinski definition) is 3. The van der Waals surface area contributed by atoms with Gasteiger partial charge in [-0.25, -0.2) is 4.79 Å². The average molecular weight is 318 g/mol. The summed E-state index contributed by atoms with van der Waals surface area (Å²) >= 11 is 0. The Morgan fingerprint density at radius 3 is 2.17 bits per heavy atom. The molecule has 1 fully saturated rings. The molecule has 1 aromatic carbocycles. The van der Waals surface area contributed by atoms with Crippen molar-refractivity contribution in [2.75, 3.05) is 32.8 Å². The minimum absolute atomic E-state index is 0.0375. The fraction of sp³-hybridized carbons (Fsp3) is 0.556. The van der Waals surface area contributed by atoms with Gasteiger partial charge in [0.2, 0.25) is 0 Å². The van der Waals surface area contributed by atoms with Crippen LogP contribution in [0, 0.1) is 0 Å². The predicted molar refractivity (Wildman–Crippen MR) is 89.6 cm³/mol. The van der Waals surface area contributed by atoms with E-state index in [1.165, 1.54) is 18.4 Å². The van der Waals surface area contributed by atoms with Crippen molar-refractivity contribution in [3.8, 4) is 0 Å².